The first-order valence-corrected chi connectivity index (χ1v) is 11.3. The average molecular weight is 406 g/mol. The summed E-state index contributed by atoms with van der Waals surface area (Å²) in [4.78, 5) is 12.0. The van der Waals surface area contributed by atoms with E-state index in [4.69, 9.17) is 9.72 Å². The Morgan fingerprint density at radius 2 is 1.83 bits per heavy atom. The lowest BCUT2D eigenvalue weighted by atomic mass is 9.85. The van der Waals surface area contributed by atoms with Gasteiger partial charge >= 0.3 is 0 Å². The number of benzene rings is 1. The molecule has 1 aromatic carbocycles. The molecule has 0 atom stereocenters. The Hall–Kier alpha value is -2.60. The third-order valence-corrected chi connectivity index (χ3v) is 6.66. The molecular formula is C24H31N5O. The van der Waals surface area contributed by atoms with Crippen LogP contribution in [0.15, 0.2) is 36.2 Å². The fourth-order valence-electron chi connectivity index (χ4n) is 5.05. The molecule has 1 saturated heterocycles. The van der Waals surface area contributed by atoms with Gasteiger partial charge in [0.2, 0.25) is 5.95 Å². The van der Waals surface area contributed by atoms with E-state index >= 15 is 0 Å². The van der Waals surface area contributed by atoms with Gasteiger partial charge in [0.25, 0.3) is 0 Å². The van der Waals surface area contributed by atoms with Crippen LogP contribution >= 0.6 is 0 Å². The summed E-state index contributed by atoms with van der Waals surface area (Å²) < 4.78 is 5.79. The number of fused-ring (bicyclic) bond motifs is 1. The van der Waals surface area contributed by atoms with E-state index in [1.54, 1.807) is 7.11 Å². The lowest BCUT2D eigenvalue weighted by Gasteiger charge is -2.29. The summed E-state index contributed by atoms with van der Waals surface area (Å²) in [5.41, 5.74) is 5.96. The largest absolute Gasteiger partial charge is 0.501 e. The first-order valence-electron chi connectivity index (χ1n) is 11.3. The van der Waals surface area contributed by atoms with Crippen LogP contribution in [0.5, 0.6) is 0 Å². The smallest absolute Gasteiger partial charge is 0.227 e. The third-order valence-electron chi connectivity index (χ3n) is 6.66. The zero-order chi connectivity index (χ0) is 20.3. The first kappa shape index (κ1) is 19.4. The summed E-state index contributed by atoms with van der Waals surface area (Å²) in [6, 6.07) is 8.60. The van der Waals surface area contributed by atoms with Gasteiger partial charge in [-0.05, 0) is 55.0 Å². The van der Waals surface area contributed by atoms with Crippen LogP contribution in [-0.4, -0.2) is 43.3 Å². The fraction of sp³-hybridized carbons (Fsp3) is 0.500. The van der Waals surface area contributed by atoms with Gasteiger partial charge < -0.3 is 20.3 Å². The molecule has 1 saturated carbocycles. The van der Waals surface area contributed by atoms with Gasteiger partial charge in [-0.25, -0.2) is 9.97 Å². The van der Waals surface area contributed by atoms with E-state index < -0.39 is 0 Å². The molecule has 2 heterocycles. The van der Waals surface area contributed by atoms with E-state index in [9.17, 15) is 0 Å². The predicted molar refractivity (Wildman–Crippen MR) is 121 cm³/mol. The van der Waals surface area contributed by atoms with E-state index in [1.165, 1.54) is 42.5 Å². The molecule has 2 N–H and O–H groups in total. The highest BCUT2D eigenvalue weighted by Crippen LogP contribution is 2.42. The molecule has 2 aliphatic carbocycles. The molecule has 2 fully saturated rings. The summed E-state index contributed by atoms with van der Waals surface area (Å²) in [5.74, 6) is 2.36. The van der Waals surface area contributed by atoms with Gasteiger partial charge in [-0.15, -0.1) is 0 Å². The topological polar surface area (TPSA) is 62.3 Å². The normalized spacial score (nSPS) is 19.7. The van der Waals surface area contributed by atoms with Gasteiger partial charge in [-0.2, -0.15) is 0 Å². The van der Waals surface area contributed by atoms with Crippen molar-refractivity contribution in [3.8, 4) is 0 Å². The van der Waals surface area contributed by atoms with Crippen LogP contribution in [0, 0.1) is 5.92 Å². The van der Waals surface area contributed by atoms with Crippen molar-refractivity contribution in [1.82, 2.24) is 15.3 Å². The summed E-state index contributed by atoms with van der Waals surface area (Å²) in [7, 11) is 1.80. The van der Waals surface area contributed by atoms with E-state index in [-0.39, 0.29) is 0 Å². The minimum absolute atomic E-state index is 0.570. The molecular weight excluding hydrogens is 374 g/mol. The number of anilines is 3. The molecule has 1 aromatic heterocycles. The van der Waals surface area contributed by atoms with Crippen LogP contribution in [0.2, 0.25) is 0 Å². The number of rotatable bonds is 5. The predicted octanol–water partition coefficient (Wildman–Crippen LogP) is 4.12. The van der Waals surface area contributed by atoms with Gasteiger partial charge in [0.1, 0.15) is 5.76 Å². The van der Waals surface area contributed by atoms with Gasteiger partial charge in [-0.1, -0.05) is 12.8 Å². The Balaban J connectivity index is 1.38. The number of methoxy groups -OCH3 is 1. The number of aromatic nitrogens is 2. The van der Waals surface area contributed by atoms with Gasteiger partial charge in [0.15, 0.2) is 0 Å². The molecule has 3 aliphatic rings. The van der Waals surface area contributed by atoms with Gasteiger partial charge in [0, 0.05) is 55.7 Å². The van der Waals surface area contributed by atoms with E-state index in [2.05, 4.69) is 44.8 Å². The summed E-state index contributed by atoms with van der Waals surface area (Å²) in [6.07, 6.45) is 8.99. The Kier molecular flexibility index (Phi) is 5.58. The van der Waals surface area contributed by atoms with Crippen molar-refractivity contribution in [3.05, 3.63) is 47.5 Å². The van der Waals surface area contributed by atoms with Crippen LogP contribution in [0.1, 0.15) is 43.4 Å². The zero-order valence-electron chi connectivity index (χ0n) is 17.8. The molecule has 2 aromatic rings. The third kappa shape index (κ3) is 3.88. The van der Waals surface area contributed by atoms with Crippen LogP contribution in [0.3, 0.4) is 0 Å². The maximum atomic E-state index is 5.79. The van der Waals surface area contributed by atoms with Crippen molar-refractivity contribution < 1.29 is 4.74 Å². The minimum Gasteiger partial charge on any atom is -0.501 e. The highest BCUT2D eigenvalue weighted by atomic mass is 16.5. The van der Waals surface area contributed by atoms with Crippen LogP contribution in [-0.2, 0) is 11.2 Å². The fourth-order valence-corrected chi connectivity index (χ4v) is 5.05. The number of nitrogens with zero attached hydrogens (tertiary/aromatic N) is 3. The number of ether oxygens (including phenoxy) is 1. The molecule has 30 heavy (non-hydrogen) atoms. The second-order valence-electron chi connectivity index (χ2n) is 8.50. The zero-order valence-corrected chi connectivity index (χ0v) is 17.8. The molecule has 158 valence electrons. The molecule has 6 heteroatoms. The number of hydrogen-bond donors (Lipinski definition) is 2. The van der Waals surface area contributed by atoms with E-state index in [1.807, 2.05) is 6.20 Å². The molecule has 5 rings (SSSR count). The highest BCUT2D eigenvalue weighted by molar-refractivity contribution is 5.72. The second kappa shape index (κ2) is 8.64. The monoisotopic (exact) mass is 405 g/mol. The standard InChI is InChI=1S/C24H31N5O/c1-30-21-11-6-18-16-26-24(28-23(18)22(21)17-4-2-3-5-17)27-19-7-9-20(10-8-19)29-14-12-25-13-15-29/h7-10,16-17,25H,2-6,11-15H2,1H3,(H,26,27,28). The van der Waals surface area contributed by atoms with Crippen molar-refractivity contribution in [2.45, 2.75) is 38.5 Å². The van der Waals surface area contributed by atoms with E-state index in [0.29, 0.717) is 11.9 Å². The number of allylic oxidation sites excluding steroid dienone is 2. The molecule has 1 aliphatic heterocycles. The van der Waals surface area contributed by atoms with Crippen LogP contribution < -0.4 is 15.5 Å². The van der Waals surface area contributed by atoms with Crippen molar-refractivity contribution >= 4 is 22.9 Å². The summed E-state index contributed by atoms with van der Waals surface area (Å²) >= 11 is 0. The number of aryl methyl sites for hydroxylation is 1. The summed E-state index contributed by atoms with van der Waals surface area (Å²) in [6.45, 7) is 4.20. The molecule has 6 nitrogen and oxygen atoms in total. The molecule has 0 bridgehead atoms. The molecule has 0 unspecified atom stereocenters. The van der Waals surface area contributed by atoms with Crippen molar-refractivity contribution in [1.29, 1.82) is 0 Å². The van der Waals surface area contributed by atoms with Crippen molar-refractivity contribution in [2.24, 2.45) is 5.92 Å². The van der Waals surface area contributed by atoms with Crippen LogP contribution in [0.4, 0.5) is 17.3 Å². The second-order valence-corrected chi connectivity index (χ2v) is 8.50. The highest BCUT2D eigenvalue weighted by Gasteiger charge is 2.30. The van der Waals surface area contributed by atoms with Crippen molar-refractivity contribution in [3.63, 3.8) is 0 Å². The maximum Gasteiger partial charge on any atom is 0.227 e. The SMILES string of the molecule is COC1=C(C2CCCC2)c2nc(Nc3ccc(N4CCNCC4)cc3)ncc2CC1. The number of hydrogen-bond acceptors (Lipinski definition) is 6. The Morgan fingerprint density at radius 3 is 2.57 bits per heavy atom. The Labute approximate surface area is 178 Å². The Bertz CT molecular complexity index is 912. The number of piperazine rings is 1. The lowest BCUT2D eigenvalue weighted by molar-refractivity contribution is 0.274. The van der Waals surface area contributed by atoms with Crippen molar-refractivity contribution in [2.75, 3.05) is 43.5 Å². The minimum atomic E-state index is 0.570. The van der Waals surface area contributed by atoms with E-state index in [0.717, 1.165) is 56.2 Å². The maximum absolute atomic E-state index is 5.79. The van der Waals surface area contributed by atoms with Gasteiger partial charge in [-0.3, -0.25) is 0 Å². The summed E-state index contributed by atoms with van der Waals surface area (Å²) in [5, 5.41) is 6.81. The van der Waals surface area contributed by atoms with Crippen LogP contribution in [0.25, 0.3) is 5.57 Å². The molecule has 0 spiro atoms. The number of nitrogens with one attached hydrogen (secondary N) is 2. The first-order chi connectivity index (χ1) is 14.8. The molecule has 0 radical (unpaired) electrons. The Morgan fingerprint density at radius 1 is 1.07 bits per heavy atom. The lowest BCUT2D eigenvalue weighted by Crippen LogP contribution is -2.43. The quantitative estimate of drug-likeness (QED) is 0.780. The molecule has 0 amide bonds. The average Bonchev–Trinajstić information content (AvgIpc) is 3.34. The van der Waals surface area contributed by atoms with Gasteiger partial charge in [0.05, 0.1) is 12.8 Å².